The van der Waals surface area contributed by atoms with Crippen molar-refractivity contribution in [2.24, 2.45) is 0 Å². The summed E-state index contributed by atoms with van der Waals surface area (Å²) < 4.78 is 0.777. The molecule has 0 aliphatic heterocycles. The highest BCUT2D eigenvalue weighted by Crippen LogP contribution is 2.22. The predicted molar refractivity (Wildman–Crippen MR) is 70.5 cm³/mol. The molecule has 0 radical (unpaired) electrons. The number of nitrogens with two attached hydrogens (primary N) is 1. The quantitative estimate of drug-likeness (QED) is 0.588. The Balaban J connectivity index is 2.46. The highest BCUT2D eigenvalue weighted by atomic mass is 79.9. The topological polar surface area (TPSA) is 67.2 Å². The highest BCUT2D eigenvalue weighted by Gasteiger charge is 2.02. The number of amides is 2. The first kappa shape index (κ1) is 12.8. The van der Waals surface area contributed by atoms with Gasteiger partial charge >= 0.3 is 6.03 Å². The smallest absolute Gasteiger partial charge is 0.319 e. The van der Waals surface area contributed by atoms with E-state index in [4.69, 9.17) is 5.73 Å². The van der Waals surface area contributed by atoms with Crippen molar-refractivity contribution in [1.82, 2.24) is 5.32 Å². The van der Waals surface area contributed by atoms with Crippen LogP contribution in [0.3, 0.4) is 0 Å². The van der Waals surface area contributed by atoms with Crippen molar-refractivity contribution in [3.05, 3.63) is 22.7 Å². The molecule has 0 unspecified atom stereocenters. The fourth-order valence-corrected chi connectivity index (χ4v) is 1.54. The number of benzene rings is 1. The molecule has 1 aromatic carbocycles. The highest BCUT2D eigenvalue weighted by molar-refractivity contribution is 9.10. The Kier molecular flexibility index (Phi) is 5.11. The lowest BCUT2D eigenvalue weighted by molar-refractivity contribution is 0.252. The van der Waals surface area contributed by atoms with Crippen LogP contribution in [0.2, 0.25) is 0 Å². The number of nitrogens with one attached hydrogen (secondary N) is 2. The summed E-state index contributed by atoms with van der Waals surface area (Å²) in [7, 11) is 0. The van der Waals surface area contributed by atoms with Crippen molar-refractivity contribution in [3.63, 3.8) is 0 Å². The van der Waals surface area contributed by atoms with Crippen LogP contribution >= 0.6 is 15.9 Å². The molecule has 0 saturated carbocycles. The number of urea groups is 1. The summed E-state index contributed by atoms with van der Waals surface area (Å²) in [6.07, 6.45) is 2.05. The average Bonchev–Trinajstić information content (AvgIpc) is 2.24. The molecule has 0 atom stereocenters. The van der Waals surface area contributed by atoms with E-state index in [-0.39, 0.29) is 6.03 Å². The SMILES string of the molecule is CCCCNC(=O)Nc1ccc(N)c(Br)c1. The molecule has 5 heteroatoms. The van der Waals surface area contributed by atoms with Gasteiger partial charge in [-0.25, -0.2) is 4.79 Å². The minimum absolute atomic E-state index is 0.190. The lowest BCUT2D eigenvalue weighted by Crippen LogP contribution is -2.29. The average molecular weight is 286 g/mol. The Labute approximate surface area is 104 Å². The number of halogens is 1. The van der Waals surface area contributed by atoms with Crippen molar-refractivity contribution in [2.75, 3.05) is 17.6 Å². The normalized spacial score (nSPS) is 9.88. The molecule has 1 aromatic rings. The summed E-state index contributed by atoms with van der Waals surface area (Å²) in [5.41, 5.74) is 7.01. The van der Waals surface area contributed by atoms with E-state index in [1.807, 2.05) is 0 Å². The summed E-state index contributed by atoms with van der Waals surface area (Å²) in [6.45, 7) is 2.77. The maximum Gasteiger partial charge on any atom is 0.319 e. The van der Waals surface area contributed by atoms with Crippen molar-refractivity contribution >= 4 is 33.3 Å². The van der Waals surface area contributed by atoms with E-state index >= 15 is 0 Å². The number of anilines is 2. The standard InChI is InChI=1S/C11H16BrN3O/c1-2-3-6-14-11(16)15-8-4-5-10(13)9(12)7-8/h4-5,7H,2-3,6,13H2,1H3,(H2,14,15,16). The second-order valence-corrected chi connectivity index (χ2v) is 4.33. The molecule has 0 spiro atoms. The molecule has 0 bridgehead atoms. The molecule has 16 heavy (non-hydrogen) atoms. The number of rotatable bonds is 4. The lowest BCUT2D eigenvalue weighted by Gasteiger charge is -2.08. The molecule has 1 rings (SSSR count). The fourth-order valence-electron chi connectivity index (χ4n) is 1.16. The van der Waals surface area contributed by atoms with Gasteiger partial charge in [0.2, 0.25) is 0 Å². The molecule has 0 fully saturated rings. The van der Waals surface area contributed by atoms with Gasteiger partial charge in [-0.15, -0.1) is 0 Å². The van der Waals surface area contributed by atoms with E-state index in [9.17, 15) is 4.79 Å². The van der Waals surface area contributed by atoms with Gasteiger partial charge in [0.15, 0.2) is 0 Å². The van der Waals surface area contributed by atoms with Crippen LogP contribution < -0.4 is 16.4 Å². The van der Waals surface area contributed by atoms with E-state index in [1.54, 1.807) is 18.2 Å². The zero-order valence-corrected chi connectivity index (χ0v) is 10.8. The summed E-state index contributed by atoms with van der Waals surface area (Å²) in [5, 5.41) is 5.50. The Bertz CT molecular complexity index is 368. The third-order valence-electron chi connectivity index (χ3n) is 2.07. The largest absolute Gasteiger partial charge is 0.398 e. The molecule has 4 nitrogen and oxygen atoms in total. The van der Waals surface area contributed by atoms with Gasteiger partial charge in [0.05, 0.1) is 0 Å². The Morgan fingerprint density at radius 2 is 2.25 bits per heavy atom. The van der Waals surface area contributed by atoms with Gasteiger partial charge in [0.25, 0.3) is 0 Å². The molecule has 0 aliphatic carbocycles. The zero-order valence-electron chi connectivity index (χ0n) is 9.22. The third-order valence-corrected chi connectivity index (χ3v) is 2.76. The first-order chi connectivity index (χ1) is 7.63. The minimum Gasteiger partial charge on any atom is -0.398 e. The first-order valence-electron chi connectivity index (χ1n) is 5.23. The predicted octanol–water partition coefficient (Wildman–Crippen LogP) is 2.95. The maximum atomic E-state index is 11.4. The summed E-state index contributed by atoms with van der Waals surface area (Å²) in [5.74, 6) is 0. The number of hydrogen-bond donors (Lipinski definition) is 3. The van der Waals surface area contributed by atoms with Gasteiger partial charge < -0.3 is 16.4 Å². The third kappa shape index (κ3) is 4.10. The zero-order chi connectivity index (χ0) is 12.0. The van der Waals surface area contributed by atoms with E-state index < -0.39 is 0 Å². The molecule has 4 N–H and O–H groups in total. The molecule has 0 aromatic heterocycles. The Hall–Kier alpha value is -1.23. The summed E-state index contributed by atoms with van der Waals surface area (Å²) in [4.78, 5) is 11.4. The Morgan fingerprint density at radius 3 is 2.88 bits per heavy atom. The van der Waals surface area contributed by atoms with Gasteiger partial charge in [0.1, 0.15) is 0 Å². The van der Waals surface area contributed by atoms with Gasteiger partial charge in [-0.2, -0.15) is 0 Å². The molecular weight excluding hydrogens is 270 g/mol. The first-order valence-corrected chi connectivity index (χ1v) is 6.02. The van der Waals surface area contributed by atoms with Gasteiger partial charge in [-0.05, 0) is 40.5 Å². The van der Waals surface area contributed by atoms with Crippen molar-refractivity contribution in [1.29, 1.82) is 0 Å². The van der Waals surface area contributed by atoms with Crippen molar-refractivity contribution in [3.8, 4) is 0 Å². The molecule has 88 valence electrons. The van der Waals surface area contributed by atoms with Crippen LogP contribution in [0.5, 0.6) is 0 Å². The summed E-state index contributed by atoms with van der Waals surface area (Å²) >= 11 is 3.30. The van der Waals surface area contributed by atoms with Crippen molar-refractivity contribution in [2.45, 2.75) is 19.8 Å². The maximum absolute atomic E-state index is 11.4. The number of hydrogen-bond acceptors (Lipinski definition) is 2. The molecule has 0 saturated heterocycles. The fraction of sp³-hybridized carbons (Fsp3) is 0.364. The monoisotopic (exact) mass is 285 g/mol. The van der Waals surface area contributed by atoms with Crippen LogP contribution in [-0.4, -0.2) is 12.6 Å². The molecule has 0 heterocycles. The number of carbonyl (C=O) groups excluding carboxylic acids is 1. The van der Waals surface area contributed by atoms with Crippen LogP contribution in [0.25, 0.3) is 0 Å². The van der Waals surface area contributed by atoms with E-state index in [1.165, 1.54) is 0 Å². The van der Waals surface area contributed by atoms with Crippen molar-refractivity contribution < 1.29 is 4.79 Å². The minimum atomic E-state index is -0.190. The van der Waals surface area contributed by atoms with E-state index in [2.05, 4.69) is 33.5 Å². The van der Waals surface area contributed by atoms with Crippen LogP contribution in [0.4, 0.5) is 16.2 Å². The summed E-state index contributed by atoms with van der Waals surface area (Å²) in [6, 6.07) is 5.09. The second-order valence-electron chi connectivity index (χ2n) is 3.47. The van der Waals surface area contributed by atoms with Crippen LogP contribution in [0.1, 0.15) is 19.8 Å². The molecule has 2 amide bonds. The number of carbonyl (C=O) groups is 1. The van der Waals surface area contributed by atoms with Crippen LogP contribution in [-0.2, 0) is 0 Å². The second kappa shape index (κ2) is 6.37. The van der Waals surface area contributed by atoms with Crippen LogP contribution in [0.15, 0.2) is 22.7 Å². The Morgan fingerprint density at radius 1 is 1.50 bits per heavy atom. The van der Waals surface area contributed by atoms with Gasteiger partial charge in [-0.1, -0.05) is 13.3 Å². The van der Waals surface area contributed by atoms with E-state index in [0.29, 0.717) is 12.2 Å². The van der Waals surface area contributed by atoms with E-state index in [0.717, 1.165) is 23.0 Å². The number of nitrogen functional groups attached to an aromatic ring is 1. The van der Waals surface area contributed by atoms with Gasteiger partial charge in [-0.3, -0.25) is 0 Å². The lowest BCUT2D eigenvalue weighted by atomic mass is 10.3. The van der Waals surface area contributed by atoms with Crippen LogP contribution in [0, 0.1) is 0 Å². The molecule has 0 aliphatic rings. The molecular formula is C11H16BrN3O. The number of unbranched alkanes of at least 4 members (excludes halogenated alkanes) is 1. The van der Waals surface area contributed by atoms with Gasteiger partial charge in [0, 0.05) is 22.4 Å².